The highest BCUT2D eigenvalue weighted by Crippen LogP contribution is 2.32. The number of nitrogens with zero attached hydrogens (tertiary/aromatic N) is 2. The first kappa shape index (κ1) is 14.7. The molecule has 0 saturated carbocycles. The molecule has 2 atom stereocenters. The normalized spacial score (nSPS) is 21.0. The van der Waals surface area contributed by atoms with Crippen molar-refractivity contribution in [3.8, 4) is 0 Å². The van der Waals surface area contributed by atoms with E-state index in [4.69, 9.17) is 5.73 Å². The van der Waals surface area contributed by atoms with Crippen LogP contribution in [-0.2, 0) is 11.2 Å². The van der Waals surface area contributed by atoms with Crippen LogP contribution in [0.3, 0.4) is 0 Å². The van der Waals surface area contributed by atoms with Crippen LogP contribution in [0.5, 0.6) is 0 Å². The molecule has 0 radical (unpaired) electrons. The van der Waals surface area contributed by atoms with E-state index in [0.29, 0.717) is 24.8 Å². The van der Waals surface area contributed by atoms with Gasteiger partial charge in [0.2, 0.25) is 5.91 Å². The van der Waals surface area contributed by atoms with Crippen molar-refractivity contribution < 1.29 is 4.79 Å². The van der Waals surface area contributed by atoms with Gasteiger partial charge in [-0.1, -0.05) is 36.4 Å². The predicted molar refractivity (Wildman–Crippen MR) is 86.2 cm³/mol. The standard InChI is InChI=1S/C18H21N3O/c19-10-16-12-21(13-17(16)15-6-2-1-3-7-15)18(22)9-14-5-4-8-20-11-14/h1-8,11,16-17H,9-10,12-13,19H2/t16-,17+/m1/s1. The van der Waals surface area contributed by atoms with E-state index in [1.165, 1.54) is 5.56 Å². The molecule has 1 aliphatic heterocycles. The van der Waals surface area contributed by atoms with Gasteiger partial charge in [0, 0.05) is 31.4 Å². The fourth-order valence-corrected chi connectivity index (χ4v) is 3.18. The van der Waals surface area contributed by atoms with E-state index in [1.54, 1.807) is 12.4 Å². The number of nitrogens with two attached hydrogens (primary N) is 1. The zero-order valence-corrected chi connectivity index (χ0v) is 12.6. The molecule has 0 spiro atoms. The van der Waals surface area contributed by atoms with Gasteiger partial charge in [-0.3, -0.25) is 9.78 Å². The second-order valence-corrected chi connectivity index (χ2v) is 5.85. The lowest BCUT2D eigenvalue weighted by Crippen LogP contribution is -2.31. The molecule has 114 valence electrons. The number of likely N-dealkylation sites (tertiary alicyclic amines) is 1. The lowest BCUT2D eigenvalue weighted by Gasteiger charge is -2.17. The predicted octanol–water partition coefficient (Wildman–Crippen LogP) is 1.82. The van der Waals surface area contributed by atoms with Crippen molar-refractivity contribution in [3.05, 3.63) is 66.0 Å². The summed E-state index contributed by atoms with van der Waals surface area (Å²) in [7, 11) is 0. The topological polar surface area (TPSA) is 59.2 Å². The van der Waals surface area contributed by atoms with Crippen molar-refractivity contribution in [1.29, 1.82) is 0 Å². The van der Waals surface area contributed by atoms with Crippen molar-refractivity contribution in [3.63, 3.8) is 0 Å². The second kappa shape index (κ2) is 6.71. The number of pyridine rings is 1. The lowest BCUT2D eigenvalue weighted by atomic mass is 9.89. The second-order valence-electron chi connectivity index (χ2n) is 5.85. The molecule has 0 aliphatic carbocycles. The fraction of sp³-hybridized carbons (Fsp3) is 0.333. The van der Waals surface area contributed by atoms with Crippen LogP contribution in [0.4, 0.5) is 0 Å². The first-order valence-corrected chi connectivity index (χ1v) is 7.69. The lowest BCUT2D eigenvalue weighted by molar-refractivity contribution is -0.129. The molecule has 3 rings (SSSR count). The maximum Gasteiger partial charge on any atom is 0.227 e. The van der Waals surface area contributed by atoms with E-state index < -0.39 is 0 Å². The van der Waals surface area contributed by atoms with E-state index in [1.807, 2.05) is 35.2 Å². The van der Waals surface area contributed by atoms with Crippen molar-refractivity contribution in [2.45, 2.75) is 12.3 Å². The maximum absolute atomic E-state index is 12.5. The smallest absolute Gasteiger partial charge is 0.227 e. The van der Waals surface area contributed by atoms with Crippen LogP contribution in [0.25, 0.3) is 0 Å². The summed E-state index contributed by atoms with van der Waals surface area (Å²) in [5.41, 5.74) is 8.16. The van der Waals surface area contributed by atoms with Gasteiger partial charge in [-0.05, 0) is 29.7 Å². The number of carbonyl (C=O) groups is 1. The summed E-state index contributed by atoms with van der Waals surface area (Å²) >= 11 is 0. The first-order valence-electron chi connectivity index (χ1n) is 7.69. The molecule has 1 saturated heterocycles. The summed E-state index contributed by atoms with van der Waals surface area (Å²) in [6.07, 6.45) is 3.88. The highest BCUT2D eigenvalue weighted by atomic mass is 16.2. The summed E-state index contributed by atoms with van der Waals surface area (Å²) in [5, 5.41) is 0. The minimum absolute atomic E-state index is 0.157. The monoisotopic (exact) mass is 295 g/mol. The summed E-state index contributed by atoms with van der Waals surface area (Å²) in [6.45, 7) is 2.11. The average Bonchev–Trinajstić information content (AvgIpc) is 3.01. The van der Waals surface area contributed by atoms with Crippen molar-refractivity contribution in [2.24, 2.45) is 11.7 Å². The Labute approximate surface area is 131 Å². The van der Waals surface area contributed by atoms with Crippen LogP contribution in [0.1, 0.15) is 17.0 Å². The molecule has 1 aliphatic rings. The van der Waals surface area contributed by atoms with E-state index >= 15 is 0 Å². The van der Waals surface area contributed by atoms with Crippen LogP contribution in [0.2, 0.25) is 0 Å². The SMILES string of the molecule is NC[C@@H]1CN(C(=O)Cc2cccnc2)C[C@H]1c1ccccc1. The Morgan fingerprint density at radius 1 is 1.18 bits per heavy atom. The van der Waals surface area contributed by atoms with Gasteiger partial charge in [0.15, 0.2) is 0 Å². The number of benzene rings is 1. The Hall–Kier alpha value is -2.20. The Morgan fingerprint density at radius 3 is 2.68 bits per heavy atom. The highest BCUT2D eigenvalue weighted by molar-refractivity contribution is 5.79. The minimum atomic E-state index is 0.157. The van der Waals surface area contributed by atoms with Gasteiger partial charge in [0.05, 0.1) is 6.42 Å². The van der Waals surface area contributed by atoms with E-state index in [9.17, 15) is 4.79 Å². The van der Waals surface area contributed by atoms with Crippen LogP contribution in [-0.4, -0.2) is 35.4 Å². The van der Waals surface area contributed by atoms with Crippen LogP contribution < -0.4 is 5.73 Å². The largest absolute Gasteiger partial charge is 0.341 e. The van der Waals surface area contributed by atoms with Gasteiger partial charge in [0.1, 0.15) is 0 Å². The number of amides is 1. The summed E-state index contributed by atoms with van der Waals surface area (Å²) < 4.78 is 0. The van der Waals surface area contributed by atoms with Gasteiger partial charge in [0.25, 0.3) is 0 Å². The third-order valence-electron chi connectivity index (χ3n) is 4.40. The quantitative estimate of drug-likeness (QED) is 0.936. The van der Waals surface area contributed by atoms with E-state index in [0.717, 1.165) is 18.7 Å². The summed E-state index contributed by atoms with van der Waals surface area (Å²) in [4.78, 5) is 18.5. The summed E-state index contributed by atoms with van der Waals surface area (Å²) in [6, 6.07) is 14.2. The molecule has 0 unspecified atom stereocenters. The van der Waals surface area contributed by atoms with E-state index in [2.05, 4.69) is 17.1 Å². The van der Waals surface area contributed by atoms with Gasteiger partial charge in [-0.2, -0.15) is 0 Å². The molecule has 2 aromatic rings. The molecule has 1 aromatic heterocycles. The molecule has 1 amide bonds. The third-order valence-corrected chi connectivity index (χ3v) is 4.40. The number of carbonyl (C=O) groups excluding carboxylic acids is 1. The maximum atomic E-state index is 12.5. The molecule has 4 heteroatoms. The highest BCUT2D eigenvalue weighted by Gasteiger charge is 2.34. The zero-order chi connectivity index (χ0) is 15.4. The Kier molecular flexibility index (Phi) is 4.49. The number of aromatic nitrogens is 1. The molecule has 1 fully saturated rings. The fourth-order valence-electron chi connectivity index (χ4n) is 3.18. The zero-order valence-electron chi connectivity index (χ0n) is 12.6. The average molecular weight is 295 g/mol. The molecule has 1 aromatic carbocycles. The van der Waals surface area contributed by atoms with Gasteiger partial charge in [-0.15, -0.1) is 0 Å². The van der Waals surface area contributed by atoms with Crippen molar-refractivity contribution >= 4 is 5.91 Å². The van der Waals surface area contributed by atoms with Crippen LogP contribution in [0, 0.1) is 5.92 Å². The Bertz CT molecular complexity index is 615. The first-order chi connectivity index (χ1) is 10.8. The van der Waals surface area contributed by atoms with Crippen LogP contribution >= 0.6 is 0 Å². The minimum Gasteiger partial charge on any atom is -0.341 e. The van der Waals surface area contributed by atoms with Gasteiger partial charge >= 0.3 is 0 Å². The van der Waals surface area contributed by atoms with Gasteiger partial charge in [-0.25, -0.2) is 0 Å². The molecule has 0 bridgehead atoms. The Balaban J connectivity index is 1.70. The molecular formula is C18H21N3O. The third kappa shape index (κ3) is 3.17. The molecule has 4 nitrogen and oxygen atoms in total. The van der Waals surface area contributed by atoms with E-state index in [-0.39, 0.29) is 5.91 Å². The Morgan fingerprint density at radius 2 is 2.00 bits per heavy atom. The van der Waals surface area contributed by atoms with Gasteiger partial charge < -0.3 is 10.6 Å². The summed E-state index contributed by atoms with van der Waals surface area (Å²) in [5.74, 6) is 0.828. The van der Waals surface area contributed by atoms with Crippen molar-refractivity contribution in [2.75, 3.05) is 19.6 Å². The molecule has 2 heterocycles. The number of hydrogen-bond donors (Lipinski definition) is 1. The number of hydrogen-bond acceptors (Lipinski definition) is 3. The number of rotatable bonds is 4. The van der Waals surface area contributed by atoms with Crippen LogP contribution in [0.15, 0.2) is 54.9 Å². The molecule has 2 N–H and O–H groups in total. The molecule has 22 heavy (non-hydrogen) atoms. The van der Waals surface area contributed by atoms with Crippen molar-refractivity contribution in [1.82, 2.24) is 9.88 Å². The molecular weight excluding hydrogens is 274 g/mol.